The second kappa shape index (κ2) is 19.3. The highest BCUT2D eigenvalue weighted by Crippen LogP contribution is 2.33. The Kier molecular flexibility index (Phi) is 14.1. The highest BCUT2D eigenvalue weighted by atomic mass is 16.5. The fraction of sp³-hybridized carbons (Fsp3) is 0.333. The number of imidazole rings is 2. The predicted molar refractivity (Wildman–Crippen MR) is 220 cm³/mol. The van der Waals surface area contributed by atoms with E-state index in [-0.39, 0.29) is 30.5 Å². The van der Waals surface area contributed by atoms with E-state index in [1.807, 2.05) is 33.0 Å². The van der Waals surface area contributed by atoms with E-state index in [9.17, 15) is 19.2 Å². The third-order valence-corrected chi connectivity index (χ3v) is 8.98. The average Bonchev–Trinajstić information content (AvgIpc) is 4.02. The number of anilines is 2. The minimum atomic E-state index is -0.659. The van der Waals surface area contributed by atoms with Gasteiger partial charge in [0.1, 0.15) is 40.2 Å². The molecule has 19 heteroatoms. The van der Waals surface area contributed by atoms with Crippen molar-refractivity contribution in [3.05, 3.63) is 83.0 Å². The van der Waals surface area contributed by atoms with Crippen molar-refractivity contribution in [2.45, 2.75) is 53.4 Å². The van der Waals surface area contributed by atoms with Gasteiger partial charge in [0.25, 0.3) is 11.8 Å². The Morgan fingerprint density at radius 3 is 2.05 bits per heavy atom. The number of nitrogens with zero attached hydrogens (tertiary/aromatic N) is 8. The first-order chi connectivity index (χ1) is 28.1. The molecule has 4 heterocycles. The SMILES string of the molecule is CCn1nc(C)cc1C(=O)Nc1nc2cc(C(N)=O)cc(OC)c2n1C/C=C/Cn1c(NC(=O)c2ccnn2CC)nc2cc(C=O)cc(OCCCNC)c21.CN. The molecule has 0 bridgehead atoms. The van der Waals surface area contributed by atoms with Crippen molar-refractivity contribution in [1.29, 1.82) is 0 Å². The van der Waals surface area contributed by atoms with Gasteiger partial charge >= 0.3 is 0 Å². The number of aryl methyl sites for hydroxylation is 3. The molecule has 19 nitrogen and oxygen atoms in total. The molecule has 0 aliphatic rings. The lowest BCUT2D eigenvalue weighted by Gasteiger charge is -2.13. The Labute approximate surface area is 334 Å². The summed E-state index contributed by atoms with van der Waals surface area (Å²) in [5.74, 6) is -0.307. The van der Waals surface area contributed by atoms with Crippen molar-refractivity contribution >= 4 is 58.0 Å². The van der Waals surface area contributed by atoms with Gasteiger partial charge in [-0.05, 0) is 84.2 Å². The van der Waals surface area contributed by atoms with E-state index in [0.717, 1.165) is 12.8 Å². The Hall–Kier alpha value is -6.86. The van der Waals surface area contributed by atoms with E-state index >= 15 is 0 Å². The monoisotopic (exact) mass is 795 g/mol. The zero-order valence-corrected chi connectivity index (χ0v) is 33.4. The van der Waals surface area contributed by atoms with Crippen LogP contribution in [0.25, 0.3) is 22.1 Å². The van der Waals surface area contributed by atoms with Gasteiger partial charge in [-0.25, -0.2) is 9.97 Å². The van der Waals surface area contributed by atoms with Crippen LogP contribution in [0.5, 0.6) is 11.5 Å². The van der Waals surface area contributed by atoms with E-state index in [4.69, 9.17) is 20.2 Å². The zero-order chi connectivity index (χ0) is 41.9. The van der Waals surface area contributed by atoms with Gasteiger partial charge in [0.2, 0.25) is 17.8 Å². The maximum absolute atomic E-state index is 13.6. The number of carbonyl (C=O) groups is 4. The number of rotatable bonds is 18. The van der Waals surface area contributed by atoms with Gasteiger partial charge < -0.3 is 35.4 Å². The van der Waals surface area contributed by atoms with Crippen molar-refractivity contribution in [3.63, 3.8) is 0 Å². The number of hydrogen-bond donors (Lipinski definition) is 5. The van der Waals surface area contributed by atoms with E-state index < -0.39 is 17.7 Å². The first-order valence-electron chi connectivity index (χ1n) is 18.7. The average molecular weight is 796 g/mol. The highest BCUT2D eigenvalue weighted by molar-refractivity contribution is 6.05. The van der Waals surface area contributed by atoms with Crippen molar-refractivity contribution in [3.8, 4) is 11.5 Å². The van der Waals surface area contributed by atoms with Crippen LogP contribution in [0.2, 0.25) is 0 Å². The maximum atomic E-state index is 13.6. The number of nitrogens with one attached hydrogen (secondary N) is 3. The Bertz CT molecular complexity index is 2460. The minimum Gasteiger partial charge on any atom is -0.494 e. The third kappa shape index (κ3) is 9.06. The van der Waals surface area contributed by atoms with Crippen molar-refractivity contribution in [1.82, 2.24) is 44.0 Å². The van der Waals surface area contributed by atoms with Crippen LogP contribution in [0.15, 0.2) is 54.7 Å². The first kappa shape index (κ1) is 42.3. The molecule has 0 unspecified atom stereocenters. The molecule has 0 atom stereocenters. The van der Waals surface area contributed by atoms with Crippen LogP contribution in [-0.2, 0) is 26.2 Å². The summed E-state index contributed by atoms with van der Waals surface area (Å²) >= 11 is 0. The molecule has 0 aliphatic heterocycles. The first-order valence-corrected chi connectivity index (χ1v) is 18.7. The molecule has 306 valence electrons. The zero-order valence-electron chi connectivity index (χ0n) is 33.4. The second-order valence-electron chi connectivity index (χ2n) is 12.7. The second-order valence-corrected chi connectivity index (χ2v) is 12.7. The molecule has 0 fully saturated rings. The number of ether oxygens (including phenoxy) is 2. The number of allylic oxidation sites excluding steroid dienone is 2. The number of aromatic nitrogens is 8. The standard InChI is InChI=1S/C38H44N12O6.CH5N/c1-6-49-28(11-13-41-49)35(53)44-37-42-26-18-24(22-51)19-31(56-16-10-12-40-4)33(26)48(37)15-9-8-14-47-32-27(20-25(34(39)52)21-30(32)55-5)43-38(47)45-36(54)29-17-23(3)46-50(29)7-2;1-2/h8-9,11,13,17-22,40H,6-7,10,12,14-16H2,1-5H3,(H2,39,52)(H,42,44,53)(H,43,45,54);2H2,1H3/b9-8+;. The van der Waals surface area contributed by atoms with Gasteiger partial charge in [0.05, 0.1) is 30.4 Å². The van der Waals surface area contributed by atoms with Crippen LogP contribution in [-0.4, -0.2) is 97.0 Å². The van der Waals surface area contributed by atoms with Crippen molar-refractivity contribution in [2.75, 3.05) is 45.0 Å². The summed E-state index contributed by atoms with van der Waals surface area (Å²) in [4.78, 5) is 60.6. The molecule has 3 amide bonds. The summed E-state index contributed by atoms with van der Waals surface area (Å²) in [6.07, 6.45) is 6.71. The van der Waals surface area contributed by atoms with E-state index in [0.29, 0.717) is 82.3 Å². The van der Waals surface area contributed by atoms with E-state index in [1.54, 1.807) is 62.0 Å². The molecule has 0 aliphatic carbocycles. The van der Waals surface area contributed by atoms with Gasteiger partial charge in [-0.1, -0.05) is 12.2 Å². The number of aldehydes is 1. The number of methoxy groups -OCH3 is 1. The fourth-order valence-corrected chi connectivity index (χ4v) is 6.37. The maximum Gasteiger partial charge on any atom is 0.276 e. The molecular formula is C39H49N13O6. The summed E-state index contributed by atoms with van der Waals surface area (Å²) in [7, 11) is 4.82. The van der Waals surface area contributed by atoms with Crippen LogP contribution in [0.3, 0.4) is 0 Å². The quantitative estimate of drug-likeness (QED) is 0.0478. The molecule has 0 saturated heterocycles. The minimum absolute atomic E-state index is 0.192. The molecule has 58 heavy (non-hydrogen) atoms. The molecule has 0 spiro atoms. The Morgan fingerprint density at radius 1 is 0.845 bits per heavy atom. The molecule has 0 saturated carbocycles. The van der Waals surface area contributed by atoms with E-state index in [1.165, 1.54) is 20.2 Å². The summed E-state index contributed by atoms with van der Waals surface area (Å²) in [5.41, 5.74) is 14.0. The number of amides is 3. The normalized spacial score (nSPS) is 11.2. The van der Waals surface area contributed by atoms with E-state index in [2.05, 4.69) is 36.9 Å². The highest BCUT2D eigenvalue weighted by Gasteiger charge is 2.23. The molecular weight excluding hydrogens is 747 g/mol. The third-order valence-electron chi connectivity index (χ3n) is 8.98. The largest absolute Gasteiger partial charge is 0.494 e. The van der Waals surface area contributed by atoms with Gasteiger partial charge in [-0.3, -0.25) is 39.2 Å². The lowest BCUT2D eigenvalue weighted by Crippen LogP contribution is -2.20. The topological polar surface area (TPSA) is 246 Å². The summed E-state index contributed by atoms with van der Waals surface area (Å²) < 4.78 is 18.6. The molecule has 2 aromatic carbocycles. The molecule has 4 aromatic heterocycles. The number of fused-ring (bicyclic) bond motifs is 2. The Morgan fingerprint density at radius 2 is 1.47 bits per heavy atom. The predicted octanol–water partition coefficient (Wildman–Crippen LogP) is 3.37. The molecule has 6 rings (SSSR count). The van der Waals surface area contributed by atoms with Crippen LogP contribution < -0.4 is 36.9 Å². The van der Waals surface area contributed by atoms with Crippen LogP contribution in [0, 0.1) is 6.92 Å². The smallest absolute Gasteiger partial charge is 0.276 e. The Balaban J connectivity index is 0.00000315. The van der Waals surface area contributed by atoms with Crippen molar-refractivity contribution < 1.29 is 28.7 Å². The molecule has 7 N–H and O–H groups in total. The van der Waals surface area contributed by atoms with Gasteiger partial charge in [-0.2, -0.15) is 10.2 Å². The lowest BCUT2D eigenvalue weighted by atomic mass is 10.1. The van der Waals surface area contributed by atoms with Crippen LogP contribution in [0.4, 0.5) is 11.9 Å². The summed E-state index contributed by atoms with van der Waals surface area (Å²) in [6, 6.07) is 9.67. The van der Waals surface area contributed by atoms with Crippen LogP contribution in [0.1, 0.15) is 67.7 Å². The van der Waals surface area contributed by atoms with Gasteiger partial charge in [-0.15, -0.1) is 0 Å². The summed E-state index contributed by atoms with van der Waals surface area (Å²) in [5, 5.41) is 17.5. The number of primary amides is 1. The molecule has 0 radical (unpaired) electrons. The van der Waals surface area contributed by atoms with Gasteiger partial charge in [0.15, 0.2) is 0 Å². The lowest BCUT2D eigenvalue weighted by molar-refractivity contribution is 0.0994. The van der Waals surface area contributed by atoms with Gasteiger partial charge in [0, 0.05) is 43.5 Å². The summed E-state index contributed by atoms with van der Waals surface area (Å²) in [6.45, 7) is 8.05. The number of nitrogens with two attached hydrogens (primary N) is 2. The number of benzene rings is 2. The van der Waals surface area contributed by atoms with Crippen molar-refractivity contribution in [2.24, 2.45) is 11.5 Å². The van der Waals surface area contributed by atoms with Crippen LogP contribution >= 0.6 is 0 Å². The molecule has 6 aromatic rings. The number of hydrogen-bond acceptors (Lipinski definition) is 12. The number of carbonyl (C=O) groups excluding carboxylic acids is 4. The fourth-order valence-electron chi connectivity index (χ4n) is 6.37.